The Kier molecular flexibility index (Phi) is 5.53. The first-order valence-corrected chi connectivity index (χ1v) is 9.66. The van der Waals surface area contributed by atoms with Crippen LogP contribution in [0.3, 0.4) is 0 Å². The smallest absolute Gasteiger partial charge is 0.243 e. The molecule has 1 aromatic carbocycles. The minimum absolute atomic E-state index is 0.00283. The largest absolute Gasteiger partial charge is 0.348 e. The van der Waals surface area contributed by atoms with Crippen molar-refractivity contribution in [3.05, 3.63) is 23.8 Å². The Morgan fingerprint density at radius 1 is 1.28 bits per heavy atom. The van der Waals surface area contributed by atoms with E-state index in [9.17, 15) is 18.0 Å². The fourth-order valence-electron chi connectivity index (χ4n) is 3.06. The lowest BCUT2D eigenvalue weighted by Gasteiger charge is -2.23. The van der Waals surface area contributed by atoms with E-state index < -0.39 is 10.0 Å². The van der Waals surface area contributed by atoms with Gasteiger partial charge in [0.2, 0.25) is 21.8 Å². The lowest BCUT2D eigenvalue weighted by molar-refractivity contribution is -0.128. The monoisotopic (exact) mass is 367 g/mol. The third kappa shape index (κ3) is 3.69. The van der Waals surface area contributed by atoms with Crippen molar-refractivity contribution in [2.75, 3.05) is 32.1 Å². The number of nitrogens with zero attached hydrogens (tertiary/aromatic N) is 3. The van der Waals surface area contributed by atoms with Crippen LogP contribution in [0.25, 0.3) is 0 Å². The van der Waals surface area contributed by atoms with Gasteiger partial charge in [-0.2, -0.15) is 4.31 Å². The van der Waals surface area contributed by atoms with E-state index in [2.05, 4.69) is 0 Å². The maximum absolute atomic E-state index is 12.9. The van der Waals surface area contributed by atoms with Crippen molar-refractivity contribution in [1.29, 1.82) is 0 Å². The van der Waals surface area contributed by atoms with Gasteiger partial charge in [-0.05, 0) is 37.1 Å². The number of anilines is 1. The van der Waals surface area contributed by atoms with Gasteiger partial charge >= 0.3 is 0 Å². The molecule has 1 aliphatic heterocycles. The molecular weight excluding hydrogens is 342 g/mol. The molecule has 2 rings (SSSR count). The number of likely N-dealkylation sites (N-methyl/N-ethyl adjacent to an activating group) is 2. The van der Waals surface area contributed by atoms with Gasteiger partial charge in [-0.1, -0.05) is 6.92 Å². The minimum Gasteiger partial charge on any atom is -0.348 e. The lowest BCUT2D eigenvalue weighted by Crippen LogP contribution is -2.40. The molecule has 1 unspecified atom stereocenters. The Hall–Kier alpha value is -1.93. The Balaban J connectivity index is 2.37. The average molecular weight is 367 g/mol. The van der Waals surface area contributed by atoms with Crippen LogP contribution in [0.5, 0.6) is 0 Å². The molecule has 0 aliphatic carbocycles. The van der Waals surface area contributed by atoms with Crippen LogP contribution in [0.4, 0.5) is 5.69 Å². The van der Waals surface area contributed by atoms with Crippen LogP contribution in [0, 0.1) is 0 Å². The Morgan fingerprint density at radius 2 is 1.92 bits per heavy atom. The van der Waals surface area contributed by atoms with Gasteiger partial charge in [-0.15, -0.1) is 0 Å². The number of amides is 2. The first-order chi connectivity index (χ1) is 11.6. The maximum atomic E-state index is 12.9. The molecule has 25 heavy (non-hydrogen) atoms. The third-order valence-electron chi connectivity index (χ3n) is 4.41. The maximum Gasteiger partial charge on any atom is 0.243 e. The number of rotatable bonds is 5. The van der Waals surface area contributed by atoms with Crippen molar-refractivity contribution in [3.8, 4) is 0 Å². The van der Waals surface area contributed by atoms with E-state index in [1.54, 1.807) is 38.1 Å². The van der Waals surface area contributed by atoms with Gasteiger partial charge in [-0.25, -0.2) is 8.42 Å². The molecule has 0 aromatic heterocycles. The molecule has 1 heterocycles. The van der Waals surface area contributed by atoms with Crippen molar-refractivity contribution in [3.63, 3.8) is 0 Å². The quantitative estimate of drug-likeness (QED) is 0.780. The lowest BCUT2D eigenvalue weighted by atomic mass is 10.1. The topological polar surface area (TPSA) is 78.0 Å². The predicted molar refractivity (Wildman–Crippen MR) is 95.9 cm³/mol. The van der Waals surface area contributed by atoms with Crippen molar-refractivity contribution in [1.82, 2.24) is 9.21 Å². The molecule has 0 N–H and O–H groups in total. The fourth-order valence-corrected chi connectivity index (χ4v) is 4.51. The van der Waals surface area contributed by atoms with E-state index in [4.69, 9.17) is 0 Å². The summed E-state index contributed by atoms with van der Waals surface area (Å²) in [6, 6.07) is 4.80. The van der Waals surface area contributed by atoms with Crippen molar-refractivity contribution in [2.24, 2.45) is 0 Å². The number of carbonyl (C=O) groups is 2. The number of hydrogen-bond donors (Lipinski definition) is 0. The molecule has 1 aromatic rings. The predicted octanol–water partition coefficient (Wildman–Crippen LogP) is 1.08. The highest BCUT2D eigenvalue weighted by Gasteiger charge is 2.32. The summed E-state index contributed by atoms with van der Waals surface area (Å²) in [5.74, 6) is -0.336. The molecule has 1 atom stereocenters. The molecule has 0 spiro atoms. The van der Waals surface area contributed by atoms with Crippen LogP contribution in [-0.2, 0) is 26.0 Å². The number of sulfonamides is 1. The molecule has 8 heteroatoms. The molecule has 0 saturated heterocycles. The standard InChI is InChI=1S/C17H25N3O4S/c1-6-19(11-17(22)18(4)5)25(23,24)15-7-8-16-14(10-15)9-12(2)20(16)13(3)21/h7-8,10,12H,6,9,11H2,1-5H3. The number of carbonyl (C=O) groups excluding carboxylic acids is 2. The second-order valence-corrected chi connectivity index (χ2v) is 8.39. The van der Waals surface area contributed by atoms with E-state index in [0.717, 1.165) is 15.6 Å². The van der Waals surface area contributed by atoms with Gasteiger partial charge < -0.3 is 9.80 Å². The zero-order valence-corrected chi connectivity index (χ0v) is 16.1. The number of hydrogen-bond acceptors (Lipinski definition) is 4. The first-order valence-electron chi connectivity index (χ1n) is 8.22. The summed E-state index contributed by atoms with van der Waals surface area (Å²) < 4.78 is 27.0. The van der Waals surface area contributed by atoms with Crippen LogP contribution in [0.15, 0.2) is 23.1 Å². The summed E-state index contributed by atoms with van der Waals surface area (Å²) in [7, 11) is -0.588. The van der Waals surface area contributed by atoms with Crippen LogP contribution < -0.4 is 4.90 Å². The van der Waals surface area contributed by atoms with E-state index in [1.165, 1.54) is 17.9 Å². The third-order valence-corrected chi connectivity index (χ3v) is 6.32. The number of fused-ring (bicyclic) bond motifs is 1. The van der Waals surface area contributed by atoms with Crippen LogP contribution >= 0.6 is 0 Å². The zero-order chi connectivity index (χ0) is 18.9. The number of benzene rings is 1. The summed E-state index contributed by atoms with van der Waals surface area (Å²) in [6.07, 6.45) is 0.612. The molecule has 0 radical (unpaired) electrons. The van der Waals surface area contributed by atoms with Gasteiger partial charge in [0.1, 0.15) is 0 Å². The van der Waals surface area contributed by atoms with Crippen LogP contribution in [0.1, 0.15) is 26.3 Å². The van der Waals surface area contributed by atoms with Gasteiger partial charge in [0.25, 0.3) is 0 Å². The van der Waals surface area contributed by atoms with Gasteiger partial charge in [0, 0.05) is 39.3 Å². The highest BCUT2D eigenvalue weighted by Crippen LogP contribution is 2.34. The Bertz CT molecular complexity index is 789. The molecule has 138 valence electrons. The second kappa shape index (κ2) is 7.13. The summed E-state index contributed by atoms with van der Waals surface area (Å²) >= 11 is 0. The summed E-state index contributed by atoms with van der Waals surface area (Å²) in [5.41, 5.74) is 1.59. The van der Waals surface area contributed by atoms with Crippen molar-refractivity contribution < 1.29 is 18.0 Å². The molecule has 0 saturated carbocycles. The summed E-state index contributed by atoms with van der Waals surface area (Å²) in [5, 5.41) is 0. The first kappa shape index (κ1) is 19.4. The highest BCUT2D eigenvalue weighted by molar-refractivity contribution is 7.89. The highest BCUT2D eigenvalue weighted by atomic mass is 32.2. The van der Waals surface area contributed by atoms with Crippen LogP contribution in [-0.4, -0.2) is 62.7 Å². The fraction of sp³-hybridized carbons (Fsp3) is 0.529. The minimum atomic E-state index is -3.77. The Morgan fingerprint density at radius 3 is 2.44 bits per heavy atom. The van der Waals surface area contributed by atoms with Gasteiger partial charge in [-0.3, -0.25) is 9.59 Å². The van der Waals surface area contributed by atoms with Crippen molar-refractivity contribution >= 4 is 27.5 Å². The van der Waals surface area contributed by atoms with Gasteiger partial charge in [0.05, 0.1) is 11.4 Å². The molecule has 0 fully saturated rings. The zero-order valence-electron chi connectivity index (χ0n) is 15.3. The molecular formula is C17H25N3O4S. The van der Waals surface area contributed by atoms with E-state index in [1.807, 2.05) is 6.92 Å². The average Bonchev–Trinajstić information content (AvgIpc) is 2.86. The normalized spacial score (nSPS) is 16.9. The van der Waals surface area contributed by atoms with Crippen molar-refractivity contribution in [2.45, 2.75) is 38.1 Å². The Labute approximate surface area is 149 Å². The molecule has 1 aliphatic rings. The molecule has 2 amide bonds. The van der Waals surface area contributed by atoms with Crippen LogP contribution in [0.2, 0.25) is 0 Å². The second-order valence-electron chi connectivity index (χ2n) is 6.45. The molecule has 7 nitrogen and oxygen atoms in total. The SMILES string of the molecule is CCN(CC(=O)N(C)C)S(=O)(=O)c1ccc2c(c1)CC(C)N2C(C)=O. The summed E-state index contributed by atoms with van der Waals surface area (Å²) in [4.78, 5) is 26.9. The van der Waals surface area contributed by atoms with E-state index >= 15 is 0 Å². The van der Waals surface area contributed by atoms with E-state index in [-0.39, 0.29) is 35.8 Å². The molecule has 0 bridgehead atoms. The summed E-state index contributed by atoms with van der Waals surface area (Å²) in [6.45, 7) is 5.15. The van der Waals surface area contributed by atoms with Gasteiger partial charge in [0.15, 0.2) is 0 Å². The van der Waals surface area contributed by atoms with E-state index in [0.29, 0.717) is 6.42 Å².